The Labute approximate surface area is 92.7 Å². The van der Waals surface area contributed by atoms with Crippen molar-refractivity contribution in [2.75, 3.05) is 33.3 Å². The van der Waals surface area contributed by atoms with E-state index in [9.17, 15) is 9.90 Å². The number of aliphatic hydroxyl groups is 1. The zero-order valence-electron chi connectivity index (χ0n) is 10.3. The maximum Gasteiger partial charge on any atom is 0.236 e. The highest BCUT2D eigenvalue weighted by atomic mass is 16.3. The summed E-state index contributed by atoms with van der Waals surface area (Å²) in [4.78, 5) is 13.1. The molecule has 0 saturated carbocycles. The maximum absolute atomic E-state index is 11.4. The summed E-state index contributed by atoms with van der Waals surface area (Å²) in [6.45, 7) is 7.89. The molecule has 1 amide bonds. The van der Waals surface area contributed by atoms with Gasteiger partial charge in [-0.15, -0.1) is 0 Å². The van der Waals surface area contributed by atoms with Crippen molar-refractivity contribution in [3.63, 3.8) is 0 Å². The minimum atomic E-state index is -0.120. The molecule has 1 unspecified atom stereocenters. The van der Waals surface area contributed by atoms with E-state index in [1.54, 1.807) is 11.9 Å². The fraction of sp³-hybridized carbons (Fsp3) is 0.909. The van der Waals surface area contributed by atoms with Crippen LogP contribution < -0.4 is 5.32 Å². The van der Waals surface area contributed by atoms with Crippen LogP contribution in [0.3, 0.4) is 0 Å². The molecule has 0 spiro atoms. The molecular formula is C11H24N2O2. The molecule has 0 aromatic carbocycles. The summed E-state index contributed by atoms with van der Waals surface area (Å²) < 4.78 is 0. The van der Waals surface area contributed by atoms with E-state index in [0.717, 1.165) is 13.0 Å². The molecule has 90 valence electrons. The van der Waals surface area contributed by atoms with Gasteiger partial charge in [0, 0.05) is 32.2 Å². The first-order chi connectivity index (χ1) is 6.99. The predicted octanol–water partition coefficient (Wildman–Crippen LogP) is 0.463. The first-order valence-electron chi connectivity index (χ1n) is 5.54. The van der Waals surface area contributed by atoms with Crippen molar-refractivity contribution < 1.29 is 9.90 Å². The third kappa shape index (κ3) is 5.14. The minimum absolute atomic E-state index is 0.0916. The highest BCUT2D eigenvalue weighted by molar-refractivity contribution is 5.77. The van der Waals surface area contributed by atoms with Crippen molar-refractivity contribution in [3.05, 3.63) is 0 Å². The molecule has 0 bridgehead atoms. The molecule has 0 saturated heterocycles. The second-order valence-electron chi connectivity index (χ2n) is 4.33. The largest absolute Gasteiger partial charge is 0.396 e. The Balaban J connectivity index is 3.83. The van der Waals surface area contributed by atoms with Gasteiger partial charge in [-0.3, -0.25) is 4.79 Å². The van der Waals surface area contributed by atoms with Gasteiger partial charge in [0.05, 0.1) is 6.54 Å². The van der Waals surface area contributed by atoms with Crippen LogP contribution in [-0.4, -0.2) is 49.2 Å². The standard InChI is InChI=1S/C11H24N2O2/c1-5-11(3,9-14)8-12-7-10(15)13(4)6-2/h12,14H,5-9H2,1-4H3. The molecule has 0 aliphatic rings. The normalized spacial score (nSPS) is 14.7. The van der Waals surface area contributed by atoms with Crippen molar-refractivity contribution >= 4 is 5.91 Å². The number of likely N-dealkylation sites (N-methyl/N-ethyl adjacent to an activating group) is 1. The summed E-state index contributed by atoms with van der Waals surface area (Å²) in [5, 5.41) is 12.3. The molecule has 0 fully saturated rings. The first kappa shape index (κ1) is 14.4. The lowest BCUT2D eigenvalue weighted by molar-refractivity contribution is -0.128. The number of amides is 1. The summed E-state index contributed by atoms with van der Waals surface area (Å²) in [5.74, 6) is 0.0916. The second kappa shape index (κ2) is 6.80. The third-order valence-corrected chi connectivity index (χ3v) is 2.96. The molecule has 0 radical (unpaired) electrons. The van der Waals surface area contributed by atoms with E-state index in [1.807, 2.05) is 20.8 Å². The van der Waals surface area contributed by atoms with Gasteiger partial charge in [-0.1, -0.05) is 13.8 Å². The van der Waals surface area contributed by atoms with Crippen molar-refractivity contribution in [2.24, 2.45) is 5.41 Å². The topological polar surface area (TPSA) is 52.6 Å². The van der Waals surface area contributed by atoms with Gasteiger partial charge in [0.2, 0.25) is 5.91 Å². The monoisotopic (exact) mass is 216 g/mol. The quantitative estimate of drug-likeness (QED) is 0.650. The number of carbonyl (C=O) groups excluding carboxylic acids is 1. The van der Waals surface area contributed by atoms with Gasteiger partial charge in [0.15, 0.2) is 0 Å². The molecule has 0 heterocycles. The van der Waals surface area contributed by atoms with Gasteiger partial charge in [0.25, 0.3) is 0 Å². The average Bonchev–Trinajstić information content (AvgIpc) is 2.27. The second-order valence-corrected chi connectivity index (χ2v) is 4.33. The fourth-order valence-corrected chi connectivity index (χ4v) is 1.08. The Hall–Kier alpha value is -0.610. The Morgan fingerprint density at radius 3 is 2.47 bits per heavy atom. The van der Waals surface area contributed by atoms with Gasteiger partial charge in [-0.25, -0.2) is 0 Å². The average molecular weight is 216 g/mol. The van der Waals surface area contributed by atoms with Crippen LogP contribution in [0.5, 0.6) is 0 Å². The SMILES string of the molecule is CCN(C)C(=O)CNCC(C)(CC)CO. The van der Waals surface area contributed by atoms with E-state index in [4.69, 9.17) is 0 Å². The van der Waals surface area contributed by atoms with E-state index in [1.165, 1.54) is 0 Å². The van der Waals surface area contributed by atoms with Crippen LogP contribution in [0.25, 0.3) is 0 Å². The van der Waals surface area contributed by atoms with Crippen LogP contribution in [0.4, 0.5) is 0 Å². The lowest BCUT2D eigenvalue weighted by atomic mass is 9.89. The summed E-state index contributed by atoms with van der Waals surface area (Å²) in [5.41, 5.74) is -0.120. The fourth-order valence-electron chi connectivity index (χ4n) is 1.08. The zero-order valence-corrected chi connectivity index (χ0v) is 10.3. The number of nitrogens with one attached hydrogen (secondary N) is 1. The number of carbonyl (C=O) groups is 1. The highest BCUT2D eigenvalue weighted by Gasteiger charge is 2.20. The van der Waals surface area contributed by atoms with Crippen LogP contribution >= 0.6 is 0 Å². The van der Waals surface area contributed by atoms with E-state index in [-0.39, 0.29) is 17.9 Å². The van der Waals surface area contributed by atoms with Crippen molar-refractivity contribution in [2.45, 2.75) is 27.2 Å². The van der Waals surface area contributed by atoms with Gasteiger partial charge in [0.1, 0.15) is 0 Å². The Morgan fingerprint density at radius 2 is 2.07 bits per heavy atom. The first-order valence-corrected chi connectivity index (χ1v) is 5.54. The van der Waals surface area contributed by atoms with Crippen LogP contribution in [0.15, 0.2) is 0 Å². The van der Waals surface area contributed by atoms with E-state index < -0.39 is 0 Å². The molecule has 4 nitrogen and oxygen atoms in total. The molecule has 0 rings (SSSR count). The van der Waals surface area contributed by atoms with Crippen molar-refractivity contribution in [1.82, 2.24) is 10.2 Å². The maximum atomic E-state index is 11.4. The molecule has 15 heavy (non-hydrogen) atoms. The van der Waals surface area contributed by atoms with Crippen LogP contribution in [0.2, 0.25) is 0 Å². The lowest BCUT2D eigenvalue weighted by Crippen LogP contribution is -2.40. The number of nitrogens with zero attached hydrogens (tertiary/aromatic N) is 1. The lowest BCUT2D eigenvalue weighted by Gasteiger charge is -2.26. The molecule has 0 aromatic heterocycles. The van der Waals surface area contributed by atoms with Gasteiger partial charge in [-0.2, -0.15) is 0 Å². The summed E-state index contributed by atoms with van der Waals surface area (Å²) in [6.07, 6.45) is 0.897. The summed E-state index contributed by atoms with van der Waals surface area (Å²) >= 11 is 0. The Morgan fingerprint density at radius 1 is 1.47 bits per heavy atom. The molecule has 0 aliphatic heterocycles. The smallest absolute Gasteiger partial charge is 0.236 e. The highest BCUT2D eigenvalue weighted by Crippen LogP contribution is 2.17. The molecule has 0 aromatic rings. The van der Waals surface area contributed by atoms with Gasteiger partial charge >= 0.3 is 0 Å². The van der Waals surface area contributed by atoms with Crippen molar-refractivity contribution in [3.8, 4) is 0 Å². The van der Waals surface area contributed by atoms with E-state index in [0.29, 0.717) is 13.1 Å². The van der Waals surface area contributed by atoms with E-state index >= 15 is 0 Å². The third-order valence-electron chi connectivity index (χ3n) is 2.96. The van der Waals surface area contributed by atoms with Crippen LogP contribution in [0, 0.1) is 5.41 Å². The molecule has 2 N–H and O–H groups in total. The number of hydrogen-bond acceptors (Lipinski definition) is 3. The molecule has 0 aliphatic carbocycles. The van der Waals surface area contributed by atoms with Crippen LogP contribution in [0.1, 0.15) is 27.2 Å². The number of hydrogen-bond donors (Lipinski definition) is 2. The molecule has 4 heteroatoms. The minimum Gasteiger partial charge on any atom is -0.396 e. The summed E-state index contributed by atoms with van der Waals surface area (Å²) in [7, 11) is 1.79. The summed E-state index contributed by atoms with van der Waals surface area (Å²) in [6, 6.07) is 0. The Bertz CT molecular complexity index is 191. The molecule has 1 atom stereocenters. The van der Waals surface area contributed by atoms with Crippen LogP contribution in [-0.2, 0) is 4.79 Å². The van der Waals surface area contributed by atoms with Gasteiger partial charge < -0.3 is 15.3 Å². The van der Waals surface area contributed by atoms with Crippen molar-refractivity contribution in [1.29, 1.82) is 0 Å². The van der Waals surface area contributed by atoms with Gasteiger partial charge in [-0.05, 0) is 13.3 Å². The predicted molar refractivity (Wildman–Crippen MR) is 61.7 cm³/mol. The Kier molecular flexibility index (Phi) is 6.52. The molecular weight excluding hydrogens is 192 g/mol. The van der Waals surface area contributed by atoms with E-state index in [2.05, 4.69) is 5.32 Å². The number of aliphatic hydroxyl groups excluding tert-OH is 1. The number of rotatable bonds is 7. The zero-order chi connectivity index (χ0) is 11.9.